The van der Waals surface area contributed by atoms with Gasteiger partial charge in [-0.2, -0.15) is 0 Å². The molecule has 0 bridgehead atoms. The number of hydrogen-bond donors (Lipinski definition) is 0. The van der Waals surface area contributed by atoms with Crippen LogP contribution in [-0.4, -0.2) is 0 Å². The maximum absolute atomic E-state index is 4.63. The first kappa shape index (κ1) is 41.2. The third kappa shape index (κ3) is 6.30. The van der Waals surface area contributed by atoms with Gasteiger partial charge in [0.15, 0.2) is 0 Å². The second-order valence-corrected chi connectivity index (χ2v) is 18.9. The summed E-state index contributed by atoms with van der Waals surface area (Å²) in [6.07, 6.45) is 4.48. The average Bonchev–Trinajstić information content (AvgIpc) is 3.80. The van der Waals surface area contributed by atoms with Gasteiger partial charge in [-0.3, -0.25) is 0 Å². The van der Waals surface area contributed by atoms with Crippen LogP contribution in [0.4, 0.5) is 11.4 Å². The minimum Gasteiger partial charge on any atom is -0.310 e. The van der Waals surface area contributed by atoms with Crippen molar-refractivity contribution in [2.24, 2.45) is 0 Å². The van der Waals surface area contributed by atoms with Crippen LogP contribution in [0.1, 0.15) is 54.2 Å². The lowest BCUT2D eigenvalue weighted by Crippen LogP contribution is -2.30. The highest BCUT2D eigenvalue weighted by molar-refractivity contribution is 6.04. The SMILES string of the molecule is C=C/C(=C\C1=C(C)c2ccccc2C1(c1ccccc1)c1ccccc1)N(c1ccc2c3c(ccc2c1)-c1ccc2ccccc2c1C3(C)C)c1ccccc1-c1ccc(-c2ccccc2)cc1. The molecule has 0 fully saturated rings. The van der Waals surface area contributed by atoms with E-state index in [-0.39, 0.29) is 5.41 Å². The van der Waals surface area contributed by atoms with E-state index in [0.29, 0.717) is 0 Å². The quantitative estimate of drug-likeness (QED) is 0.131. The summed E-state index contributed by atoms with van der Waals surface area (Å²) in [6, 6.07) is 84.8. The van der Waals surface area contributed by atoms with E-state index in [2.05, 4.69) is 275 Å². The smallest absolute Gasteiger partial charge is 0.0710 e. The highest BCUT2D eigenvalue weighted by atomic mass is 15.1. The second kappa shape index (κ2) is 16.3. The molecule has 2 aliphatic carbocycles. The summed E-state index contributed by atoms with van der Waals surface area (Å²) in [5.41, 5.74) is 20.0. The monoisotopic (exact) mass is 869 g/mol. The van der Waals surface area contributed by atoms with Crippen LogP contribution < -0.4 is 4.90 Å². The zero-order valence-electron chi connectivity index (χ0n) is 38.7. The summed E-state index contributed by atoms with van der Waals surface area (Å²) in [6.45, 7) is 11.7. The van der Waals surface area contributed by atoms with Crippen molar-refractivity contribution in [2.45, 2.75) is 31.6 Å². The van der Waals surface area contributed by atoms with E-state index in [4.69, 9.17) is 0 Å². The molecule has 1 heteroatoms. The van der Waals surface area contributed by atoms with Crippen molar-refractivity contribution in [1.29, 1.82) is 0 Å². The number of rotatable bonds is 9. The van der Waals surface area contributed by atoms with Crippen LogP contribution in [0.3, 0.4) is 0 Å². The van der Waals surface area contributed by atoms with Gasteiger partial charge >= 0.3 is 0 Å². The molecule has 0 atom stereocenters. The number of fused-ring (bicyclic) bond motifs is 8. The maximum Gasteiger partial charge on any atom is 0.0710 e. The summed E-state index contributed by atoms with van der Waals surface area (Å²) in [5.74, 6) is 0. The first-order valence-corrected chi connectivity index (χ1v) is 23.8. The van der Waals surface area contributed by atoms with Crippen LogP contribution in [0.2, 0.25) is 0 Å². The summed E-state index contributed by atoms with van der Waals surface area (Å²) in [7, 11) is 0. The Morgan fingerprint density at radius 2 is 0.985 bits per heavy atom. The molecule has 0 aromatic heterocycles. The lowest BCUT2D eigenvalue weighted by molar-refractivity contribution is 0.672. The first-order valence-electron chi connectivity index (χ1n) is 23.8. The molecule has 324 valence electrons. The van der Waals surface area contributed by atoms with E-state index >= 15 is 0 Å². The first-order chi connectivity index (χ1) is 33.4. The molecule has 10 aromatic carbocycles. The molecule has 0 saturated heterocycles. The summed E-state index contributed by atoms with van der Waals surface area (Å²) >= 11 is 0. The van der Waals surface area contributed by atoms with E-state index < -0.39 is 5.41 Å². The summed E-state index contributed by atoms with van der Waals surface area (Å²) in [4.78, 5) is 2.44. The second-order valence-electron chi connectivity index (χ2n) is 18.9. The Morgan fingerprint density at radius 3 is 1.66 bits per heavy atom. The van der Waals surface area contributed by atoms with Crippen molar-refractivity contribution in [3.8, 4) is 33.4 Å². The third-order valence-corrected chi connectivity index (χ3v) is 14.9. The molecule has 0 N–H and O–H groups in total. The highest BCUT2D eigenvalue weighted by Crippen LogP contribution is 2.57. The Labute approximate surface area is 400 Å². The van der Waals surface area contributed by atoms with Gasteiger partial charge in [0.1, 0.15) is 0 Å². The molecular weight excluding hydrogens is 819 g/mol. The van der Waals surface area contributed by atoms with Gasteiger partial charge in [-0.1, -0.05) is 233 Å². The Balaban J connectivity index is 1.09. The Morgan fingerprint density at radius 1 is 0.456 bits per heavy atom. The number of allylic oxidation sites excluding steroid dienone is 4. The average molecular weight is 870 g/mol. The number of para-hydroxylation sites is 1. The fourth-order valence-electron chi connectivity index (χ4n) is 11.9. The van der Waals surface area contributed by atoms with Gasteiger partial charge in [0.05, 0.1) is 11.1 Å². The molecule has 0 heterocycles. The van der Waals surface area contributed by atoms with Crippen LogP contribution in [-0.2, 0) is 10.8 Å². The summed E-state index contributed by atoms with van der Waals surface area (Å²) in [5, 5.41) is 5.10. The van der Waals surface area contributed by atoms with E-state index in [1.54, 1.807) is 0 Å². The van der Waals surface area contributed by atoms with Gasteiger partial charge in [0.25, 0.3) is 0 Å². The molecule has 68 heavy (non-hydrogen) atoms. The Bertz CT molecular complexity index is 3610. The third-order valence-electron chi connectivity index (χ3n) is 14.9. The number of hydrogen-bond acceptors (Lipinski definition) is 1. The van der Waals surface area contributed by atoms with Crippen molar-refractivity contribution in [3.63, 3.8) is 0 Å². The predicted octanol–water partition coefficient (Wildman–Crippen LogP) is 17.7. The van der Waals surface area contributed by atoms with Gasteiger partial charge < -0.3 is 4.90 Å². The molecule has 0 unspecified atom stereocenters. The molecular formula is C67H51N. The molecule has 0 radical (unpaired) electrons. The van der Waals surface area contributed by atoms with Gasteiger partial charge in [-0.25, -0.2) is 0 Å². The van der Waals surface area contributed by atoms with Crippen molar-refractivity contribution < 1.29 is 0 Å². The zero-order valence-corrected chi connectivity index (χ0v) is 38.7. The minimum absolute atomic E-state index is 0.198. The van der Waals surface area contributed by atoms with Crippen molar-refractivity contribution in [3.05, 3.63) is 294 Å². The number of anilines is 2. The van der Waals surface area contributed by atoms with Crippen molar-refractivity contribution >= 4 is 38.5 Å². The van der Waals surface area contributed by atoms with Crippen molar-refractivity contribution in [2.75, 3.05) is 4.90 Å². The molecule has 0 spiro atoms. The molecule has 1 nitrogen and oxygen atoms in total. The van der Waals surface area contributed by atoms with Gasteiger partial charge in [-0.15, -0.1) is 0 Å². The Hall–Kier alpha value is -8.26. The lowest BCUT2D eigenvalue weighted by atomic mass is 9.66. The van der Waals surface area contributed by atoms with Crippen LogP contribution in [0, 0.1) is 0 Å². The largest absolute Gasteiger partial charge is 0.310 e. The van der Waals surface area contributed by atoms with E-state index in [1.807, 2.05) is 0 Å². The molecule has 12 rings (SSSR count). The van der Waals surface area contributed by atoms with Crippen LogP contribution in [0.25, 0.3) is 60.5 Å². The lowest BCUT2D eigenvalue weighted by Gasteiger charge is -2.36. The zero-order chi connectivity index (χ0) is 46.0. The predicted molar refractivity (Wildman–Crippen MR) is 289 cm³/mol. The molecule has 0 saturated carbocycles. The summed E-state index contributed by atoms with van der Waals surface area (Å²) < 4.78 is 0. The fraction of sp³-hybridized carbons (Fsp3) is 0.0746. The minimum atomic E-state index is -0.579. The van der Waals surface area contributed by atoms with Gasteiger partial charge in [-0.05, 0) is 131 Å². The topological polar surface area (TPSA) is 3.24 Å². The molecule has 0 amide bonds. The van der Waals surface area contributed by atoms with Crippen LogP contribution in [0.5, 0.6) is 0 Å². The molecule has 10 aromatic rings. The molecule has 0 aliphatic heterocycles. The number of benzene rings is 10. The normalized spacial score (nSPS) is 14.4. The van der Waals surface area contributed by atoms with Gasteiger partial charge in [0.2, 0.25) is 0 Å². The van der Waals surface area contributed by atoms with Crippen LogP contribution in [0.15, 0.2) is 261 Å². The van der Waals surface area contributed by atoms with Gasteiger partial charge in [0, 0.05) is 22.4 Å². The highest BCUT2D eigenvalue weighted by Gasteiger charge is 2.46. The fourth-order valence-corrected chi connectivity index (χ4v) is 11.9. The Kier molecular flexibility index (Phi) is 9.85. The number of nitrogens with zero attached hydrogens (tertiary/aromatic N) is 1. The standard InChI is InChI=1S/C67H51N/c1-5-53(44-62-45(2)55-28-17-19-31-61(55)67(62,51-24-11-7-12-25-51)52-26-13-8-14-27-52)68(63-32-20-18-29-56(63)49-35-33-47(34-36-49)46-21-9-6-10-22-46)54-39-42-58-50(43-54)38-41-60-59-40-37-48-23-15-16-30-57(48)64(59)66(3,4)65(58)60/h5-44H,1H2,2-4H3/b53-44+. The van der Waals surface area contributed by atoms with E-state index in [9.17, 15) is 0 Å². The van der Waals surface area contributed by atoms with Crippen molar-refractivity contribution in [1.82, 2.24) is 0 Å². The van der Waals surface area contributed by atoms with Crippen LogP contribution >= 0.6 is 0 Å². The maximum atomic E-state index is 4.63. The van der Waals surface area contributed by atoms with E-state index in [0.717, 1.165) is 28.2 Å². The van der Waals surface area contributed by atoms with E-state index in [1.165, 1.54) is 88.3 Å². The molecule has 2 aliphatic rings.